The number of rotatable bonds is 4. The number of hydrogen-bond donors (Lipinski definition) is 1. The lowest BCUT2D eigenvalue weighted by molar-refractivity contribution is -0.142. The molecule has 0 aliphatic carbocycles. The highest BCUT2D eigenvalue weighted by molar-refractivity contribution is 9.10. The Kier molecular flexibility index (Phi) is 4.73. The SMILES string of the molecule is COCc1ccc(C(=O)N2Cc3cccc(Br)c3CC2C(=O)O)o1. The first-order chi connectivity index (χ1) is 11.5. The molecule has 0 bridgehead atoms. The van der Waals surface area contributed by atoms with Crippen LogP contribution in [0.1, 0.15) is 27.4 Å². The zero-order valence-corrected chi connectivity index (χ0v) is 14.6. The van der Waals surface area contributed by atoms with E-state index in [1.54, 1.807) is 12.1 Å². The third-order valence-electron chi connectivity index (χ3n) is 4.04. The molecule has 2 heterocycles. The van der Waals surface area contributed by atoms with Gasteiger partial charge in [-0.3, -0.25) is 4.79 Å². The first kappa shape index (κ1) is 16.7. The average Bonchev–Trinajstić information content (AvgIpc) is 3.02. The third-order valence-corrected chi connectivity index (χ3v) is 4.78. The number of fused-ring (bicyclic) bond motifs is 1. The molecule has 24 heavy (non-hydrogen) atoms. The fraction of sp³-hybridized carbons (Fsp3) is 0.294. The van der Waals surface area contributed by atoms with Crippen LogP contribution in [0.3, 0.4) is 0 Å². The van der Waals surface area contributed by atoms with Crippen LogP contribution in [0.25, 0.3) is 0 Å². The summed E-state index contributed by atoms with van der Waals surface area (Å²) in [5.41, 5.74) is 1.85. The van der Waals surface area contributed by atoms with Crippen molar-refractivity contribution in [2.75, 3.05) is 7.11 Å². The summed E-state index contributed by atoms with van der Waals surface area (Å²) >= 11 is 3.45. The van der Waals surface area contributed by atoms with Gasteiger partial charge in [-0.05, 0) is 29.3 Å². The van der Waals surface area contributed by atoms with E-state index in [1.165, 1.54) is 12.0 Å². The van der Waals surface area contributed by atoms with Gasteiger partial charge in [-0.15, -0.1) is 0 Å². The quantitative estimate of drug-likeness (QED) is 0.863. The van der Waals surface area contributed by atoms with E-state index >= 15 is 0 Å². The van der Waals surface area contributed by atoms with E-state index in [1.807, 2.05) is 18.2 Å². The van der Waals surface area contributed by atoms with Gasteiger partial charge >= 0.3 is 5.97 Å². The normalized spacial score (nSPS) is 16.8. The van der Waals surface area contributed by atoms with E-state index in [9.17, 15) is 14.7 Å². The Morgan fingerprint density at radius 3 is 2.88 bits per heavy atom. The summed E-state index contributed by atoms with van der Waals surface area (Å²) in [6, 6.07) is 7.92. The number of carbonyl (C=O) groups is 2. The highest BCUT2D eigenvalue weighted by Crippen LogP contribution is 2.30. The topological polar surface area (TPSA) is 80.0 Å². The van der Waals surface area contributed by atoms with Crippen molar-refractivity contribution >= 4 is 27.8 Å². The van der Waals surface area contributed by atoms with Gasteiger partial charge < -0.3 is 19.2 Å². The predicted molar refractivity (Wildman–Crippen MR) is 88.6 cm³/mol. The predicted octanol–water partition coefficient (Wildman–Crippen LogP) is 2.84. The second-order valence-corrected chi connectivity index (χ2v) is 6.42. The third kappa shape index (κ3) is 3.09. The fourth-order valence-electron chi connectivity index (χ4n) is 2.87. The van der Waals surface area contributed by atoms with Crippen LogP contribution in [0.4, 0.5) is 0 Å². The summed E-state index contributed by atoms with van der Waals surface area (Å²) in [5, 5.41) is 9.55. The van der Waals surface area contributed by atoms with Crippen LogP contribution in [0, 0.1) is 0 Å². The van der Waals surface area contributed by atoms with E-state index in [2.05, 4.69) is 15.9 Å². The van der Waals surface area contributed by atoms with Crippen molar-refractivity contribution in [2.24, 2.45) is 0 Å². The van der Waals surface area contributed by atoms with Crippen molar-refractivity contribution in [1.82, 2.24) is 4.90 Å². The molecule has 1 atom stereocenters. The second kappa shape index (κ2) is 6.78. The number of carboxylic acid groups (broad SMARTS) is 1. The molecule has 3 rings (SSSR count). The smallest absolute Gasteiger partial charge is 0.326 e. The second-order valence-electron chi connectivity index (χ2n) is 5.57. The minimum atomic E-state index is -1.03. The number of carboxylic acids is 1. The highest BCUT2D eigenvalue weighted by Gasteiger charge is 2.36. The first-order valence-corrected chi connectivity index (χ1v) is 8.18. The van der Waals surface area contributed by atoms with Gasteiger partial charge in [0, 0.05) is 24.5 Å². The molecule has 0 radical (unpaired) electrons. The number of ether oxygens (including phenoxy) is 1. The maximum atomic E-state index is 12.7. The van der Waals surface area contributed by atoms with Crippen LogP contribution in [0.2, 0.25) is 0 Å². The Bertz CT molecular complexity index is 785. The largest absolute Gasteiger partial charge is 0.480 e. The molecule has 1 aliphatic rings. The van der Waals surface area contributed by atoms with Crippen LogP contribution >= 0.6 is 15.9 Å². The van der Waals surface area contributed by atoms with E-state index < -0.39 is 17.9 Å². The monoisotopic (exact) mass is 393 g/mol. The lowest BCUT2D eigenvalue weighted by Gasteiger charge is -2.34. The molecular formula is C17H16BrNO5. The summed E-state index contributed by atoms with van der Waals surface area (Å²) < 4.78 is 11.3. The lowest BCUT2D eigenvalue weighted by Crippen LogP contribution is -2.48. The van der Waals surface area contributed by atoms with Crippen molar-refractivity contribution in [1.29, 1.82) is 0 Å². The summed E-state index contributed by atoms with van der Waals surface area (Å²) in [6.45, 7) is 0.482. The standard InChI is InChI=1S/C17H16BrNO5/c1-23-9-11-5-6-15(24-11)16(20)19-8-10-3-2-4-13(18)12(10)7-14(19)17(21)22/h2-6,14H,7-9H2,1H3,(H,21,22). The van der Waals surface area contributed by atoms with Gasteiger partial charge in [-0.25, -0.2) is 4.79 Å². The molecule has 7 heteroatoms. The molecule has 1 aliphatic heterocycles. The van der Waals surface area contributed by atoms with Crippen molar-refractivity contribution < 1.29 is 23.8 Å². The molecule has 1 aromatic heterocycles. The van der Waals surface area contributed by atoms with Gasteiger partial charge in [0.05, 0.1) is 0 Å². The zero-order chi connectivity index (χ0) is 17.3. The molecule has 0 saturated carbocycles. The number of aliphatic carboxylic acids is 1. The Morgan fingerprint density at radius 2 is 2.17 bits per heavy atom. The van der Waals surface area contributed by atoms with Crippen LogP contribution in [-0.2, 0) is 29.1 Å². The molecule has 1 N–H and O–H groups in total. The Morgan fingerprint density at radius 1 is 1.38 bits per heavy atom. The highest BCUT2D eigenvalue weighted by atomic mass is 79.9. The van der Waals surface area contributed by atoms with Gasteiger partial charge in [-0.1, -0.05) is 28.1 Å². The maximum absolute atomic E-state index is 12.7. The Labute approximate surface area is 147 Å². The van der Waals surface area contributed by atoms with Crippen LogP contribution in [-0.4, -0.2) is 35.0 Å². The number of hydrogen-bond acceptors (Lipinski definition) is 4. The number of benzene rings is 1. The lowest BCUT2D eigenvalue weighted by atomic mass is 9.93. The van der Waals surface area contributed by atoms with Crippen LogP contribution in [0.15, 0.2) is 39.2 Å². The van der Waals surface area contributed by atoms with Crippen molar-refractivity contribution in [3.63, 3.8) is 0 Å². The number of nitrogens with zero attached hydrogens (tertiary/aromatic N) is 1. The zero-order valence-electron chi connectivity index (χ0n) is 13.0. The van der Waals surface area contributed by atoms with E-state index in [4.69, 9.17) is 9.15 Å². The average molecular weight is 394 g/mol. The van der Waals surface area contributed by atoms with Gasteiger partial charge in [-0.2, -0.15) is 0 Å². The van der Waals surface area contributed by atoms with Crippen molar-refractivity contribution in [3.8, 4) is 0 Å². The molecular weight excluding hydrogens is 378 g/mol. The first-order valence-electron chi connectivity index (χ1n) is 7.39. The maximum Gasteiger partial charge on any atom is 0.326 e. The number of carbonyl (C=O) groups excluding carboxylic acids is 1. The summed E-state index contributed by atoms with van der Waals surface area (Å²) in [7, 11) is 1.53. The molecule has 126 valence electrons. The molecule has 1 amide bonds. The molecule has 1 aromatic carbocycles. The Balaban J connectivity index is 1.92. The Hall–Kier alpha value is -2.12. The fourth-order valence-corrected chi connectivity index (χ4v) is 3.43. The van der Waals surface area contributed by atoms with Gasteiger partial charge in [0.1, 0.15) is 18.4 Å². The molecule has 2 aromatic rings. The number of halogens is 1. The molecule has 6 nitrogen and oxygen atoms in total. The van der Waals surface area contributed by atoms with Crippen molar-refractivity contribution in [2.45, 2.75) is 25.6 Å². The van der Waals surface area contributed by atoms with E-state index in [0.29, 0.717) is 5.76 Å². The van der Waals surface area contributed by atoms with Gasteiger partial charge in [0.25, 0.3) is 5.91 Å². The number of methoxy groups -OCH3 is 1. The number of amides is 1. The summed E-state index contributed by atoms with van der Waals surface area (Å²) in [6.07, 6.45) is 0.253. The van der Waals surface area contributed by atoms with Gasteiger partial charge in [0.15, 0.2) is 5.76 Å². The van der Waals surface area contributed by atoms with Crippen LogP contribution < -0.4 is 0 Å². The summed E-state index contributed by atoms with van der Waals surface area (Å²) in [5.74, 6) is -0.830. The molecule has 0 spiro atoms. The van der Waals surface area contributed by atoms with E-state index in [-0.39, 0.29) is 25.3 Å². The number of furan rings is 1. The van der Waals surface area contributed by atoms with Gasteiger partial charge in [0.2, 0.25) is 0 Å². The molecule has 0 saturated heterocycles. The van der Waals surface area contributed by atoms with Crippen molar-refractivity contribution in [3.05, 3.63) is 57.5 Å². The summed E-state index contributed by atoms with van der Waals surface area (Å²) in [4.78, 5) is 25.8. The minimum absolute atomic E-state index is 0.117. The molecule has 1 unspecified atom stereocenters. The molecule has 0 fully saturated rings. The minimum Gasteiger partial charge on any atom is -0.480 e. The van der Waals surface area contributed by atoms with Crippen LogP contribution in [0.5, 0.6) is 0 Å². The van der Waals surface area contributed by atoms with E-state index in [0.717, 1.165) is 15.6 Å².